The van der Waals surface area contributed by atoms with Crippen molar-refractivity contribution < 1.29 is 4.79 Å². The van der Waals surface area contributed by atoms with Crippen LogP contribution in [0.4, 0.5) is 5.82 Å². The summed E-state index contributed by atoms with van der Waals surface area (Å²) < 4.78 is 0. The summed E-state index contributed by atoms with van der Waals surface area (Å²) >= 11 is 0. The highest BCUT2D eigenvalue weighted by Gasteiger charge is 2.19. The summed E-state index contributed by atoms with van der Waals surface area (Å²) in [6.07, 6.45) is 3.87. The zero-order valence-electron chi connectivity index (χ0n) is 13.3. The summed E-state index contributed by atoms with van der Waals surface area (Å²) in [5.74, 6) is 0.905. The molecule has 1 fully saturated rings. The van der Waals surface area contributed by atoms with Crippen molar-refractivity contribution in [3.8, 4) is 0 Å². The zero-order valence-corrected chi connectivity index (χ0v) is 13.3. The predicted octanol–water partition coefficient (Wildman–Crippen LogP) is 1.75. The van der Waals surface area contributed by atoms with Gasteiger partial charge in [-0.05, 0) is 52.4 Å². The minimum atomic E-state index is -0.0195. The van der Waals surface area contributed by atoms with Gasteiger partial charge < -0.3 is 15.1 Å². The number of likely N-dealkylation sites (N-methyl/N-ethyl adjacent to an activating group) is 1. The first-order valence-electron chi connectivity index (χ1n) is 7.84. The van der Waals surface area contributed by atoms with Crippen LogP contribution in [0.25, 0.3) is 0 Å². The highest BCUT2D eigenvalue weighted by molar-refractivity contribution is 5.94. The first-order valence-corrected chi connectivity index (χ1v) is 7.84. The van der Waals surface area contributed by atoms with Gasteiger partial charge in [0.05, 0.1) is 5.56 Å². The van der Waals surface area contributed by atoms with Gasteiger partial charge in [-0.25, -0.2) is 4.98 Å². The molecule has 21 heavy (non-hydrogen) atoms. The summed E-state index contributed by atoms with van der Waals surface area (Å²) in [6, 6.07) is 4.04. The van der Waals surface area contributed by atoms with Gasteiger partial charge in [-0.3, -0.25) is 4.79 Å². The Bertz CT molecular complexity index is 456. The molecule has 0 saturated carbocycles. The third-order valence-corrected chi connectivity index (χ3v) is 4.06. The molecular formula is C16H26N4O. The maximum Gasteiger partial charge on any atom is 0.253 e. The van der Waals surface area contributed by atoms with E-state index in [4.69, 9.17) is 0 Å². The molecule has 0 aliphatic carbocycles. The lowest BCUT2D eigenvalue weighted by Crippen LogP contribution is -2.46. The number of nitrogens with zero attached hydrogens (tertiary/aromatic N) is 3. The van der Waals surface area contributed by atoms with Crippen LogP contribution in [0, 0.1) is 0 Å². The number of rotatable bonds is 5. The summed E-state index contributed by atoms with van der Waals surface area (Å²) in [5.41, 5.74) is 0.638. The molecule has 1 N–H and O–H groups in total. The monoisotopic (exact) mass is 290 g/mol. The second kappa shape index (κ2) is 7.41. The first-order chi connectivity index (χ1) is 10.1. The van der Waals surface area contributed by atoms with E-state index in [-0.39, 0.29) is 11.9 Å². The van der Waals surface area contributed by atoms with E-state index in [1.807, 2.05) is 12.1 Å². The summed E-state index contributed by atoms with van der Waals surface area (Å²) in [4.78, 5) is 21.1. The third kappa shape index (κ3) is 4.17. The number of aromatic nitrogens is 1. The standard InChI is InChI=1S/C16H26N4O/c1-4-20(5-2)15-9-8-13(11-17-15)16(21)18-14-7-6-10-19(3)12-14/h8-9,11,14H,4-7,10,12H2,1-3H3,(H,18,21). The summed E-state index contributed by atoms with van der Waals surface area (Å²) in [5, 5.41) is 3.11. The average molecular weight is 290 g/mol. The second-order valence-corrected chi connectivity index (χ2v) is 5.65. The third-order valence-electron chi connectivity index (χ3n) is 4.06. The fraction of sp³-hybridized carbons (Fsp3) is 0.625. The fourth-order valence-corrected chi connectivity index (χ4v) is 2.81. The molecule has 116 valence electrons. The lowest BCUT2D eigenvalue weighted by molar-refractivity contribution is 0.0912. The molecule has 5 heteroatoms. The van der Waals surface area contributed by atoms with Crippen molar-refractivity contribution in [2.75, 3.05) is 38.1 Å². The minimum Gasteiger partial charge on any atom is -0.357 e. The molecule has 2 rings (SSSR count). The first kappa shape index (κ1) is 15.8. The van der Waals surface area contributed by atoms with E-state index in [0.29, 0.717) is 5.56 Å². The summed E-state index contributed by atoms with van der Waals surface area (Å²) in [7, 11) is 2.10. The summed E-state index contributed by atoms with van der Waals surface area (Å²) in [6.45, 7) is 8.09. The molecule has 1 atom stereocenters. The van der Waals surface area contributed by atoms with Crippen molar-refractivity contribution in [2.24, 2.45) is 0 Å². The number of hydrogen-bond donors (Lipinski definition) is 1. The molecule has 0 spiro atoms. The van der Waals surface area contributed by atoms with Crippen LogP contribution in [-0.4, -0.2) is 55.1 Å². The molecule has 1 aromatic heterocycles. The van der Waals surface area contributed by atoms with Crippen LogP contribution in [-0.2, 0) is 0 Å². The van der Waals surface area contributed by atoms with E-state index in [2.05, 4.69) is 41.0 Å². The number of pyridine rings is 1. The van der Waals surface area contributed by atoms with Crippen molar-refractivity contribution in [1.82, 2.24) is 15.2 Å². The molecule has 2 heterocycles. The van der Waals surface area contributed by atoms with Gasteiger partial charge in [0, 0.05) is 31.9 Å². The van der Waals surface area contributed by atoms with Gasteiger partial charge in [0.15, 0.2) is 0 Å². The maximum atomic E-state index is 12.3. The molecule has 1 saturated heterocycles. The van der Waals surface area contributed by atoms with Crippen LogP contribution in [0.1, 0.15) is 37.0 Å². The number of carbonyl (C=O) groups is 1. The Morgan fingerprint density at radius 1 is 1.43 bits per heavy atom. The zero-order chi connectivity index (χ0) is 15.2. The molecule has 5 nitrogen and oxygen atoms in total. The molecule has 1 unspecified atom stereocenters. The molecular weight excluding hydrogens is 264 g/mol. The van der Waals surface area contributed by atoms with Crippen LogP contribution in [0.15, 0.2) is 18.3 Å². The number of amides is 1. The van der Waals surface area contributed by atoms with Crippen LogP contribution in [0.5, 0.6) is 0 Å². The van der Waals surface area contributed by atoms with Crippen LogP contribution < -0.4 is 10.2 Å². The molecule has 1 amide bonds. The van der Waals surface area contributed by atoms with E-state index in [1.54, 1.807) is 6.20 Å². The van der Waals surface area contributed by atoms with Gasteiger partial charge in [0.25, 0.3) is 5.91 Å². The Morgan fingerprint density at radius 3 is 2.76 bits per heavy atom. The smallest absolute Gasteiger partial charge is 0.253 e. The Kier molecular flexibility index (Phi) is 5.56. The number of piperidine rings is 1. The lowest BCUT2D eigenvalue weighted by atomic mass is 10.1. The maximum absolute atomic E-state index is 12.3. The minimum absolute atomic E-state index is 0.0195. The number of nitrogens with one attached hydrogen (secondary N) is 1. The quantitative estimate of drug-likeness (QED) is 0.897. The van der Waals surface area contributed by atoms with E-state index in [9.17, 15) is 4.79 Å². The lowest BCUT2D eigenvalue weighted by Gasteiger charge is -2.30. The number of likely N-dealkylation sites (tertiary alicyclic amines) is 1. The van der Waals surface area contributed by atoms with Gasteiger partial charge in [-0.1, -0.05) is 0 Å². The van der Waals surface area contributed by atoms with Crippen molar-refractivity contribution in [2.45, 2.75) is 32.7 Å². The topological polar surface area (TPSA) is 48.5 Å². The molecule has 1 aromatic rings. The molecule has 0 radical (unpaired) electrons. The fourth-order valence-electron chi connectivity index (χ4n) is 2.81. The van der Waals surface area contributed by atoms with Gasteiger partial charge in [-0.2, -0.15) is 0 Å². The van der Waals surface area contributed by atoms with Crippen molar-refractivity contribution >= 4 is 11.7 Å². The number of anilines is 1. The number of carbonyl (C=O) groups excluding carboxylic acids is 1. The largest absolute Gasteiger partial charge is 0.357 e. The van der Waals surface area contributed by atoms with Gasteiger partial charge in [-0.15, -0.1) is 0 Å². The highest BCUT2D eigenvalue weighted by atomic mass is 16.1. The van der Waals surface area contributed by atoms with Crippen molar-refractivity contribution in [3.05, 3.63) is 23.9 Å². The average Bonchev–Trinajstić information content (AvgIpc) is 2.49. The highest BCUT2D eigenvalue weighted by Crippen LogP contribution is 2.12. The van der Waals surface area contributed by atoms with Crippen LogP contribution >= 0.6 is 0 Å². The van der Waals surface area contributed by atoms with Crippen molar-refractivity contribution in [1.29, 1.82) is 0 Å². The molecule has 0 aromatic carbocycles. The SMILES string of the molecule is CCN(CC)c1ccc(C(=O)NC2CCCN(C)C2)cn1. The van der Waals surface area contributed by atoms with E-state index >= 15 is 0 Å². The van der Waals surface area contributed by atoms with Crippen molar-refractivity contribution in [3.63, 3.8) is 0 Å². The van der Waals surface area contributed by atoms with Gasteiger partial charge in [0.1, 0.15) is 5.82 Å². The predicted molar refractivity (Wildman–Crippen MR) is 85.8 cm³/mol. The van der Waals surface area contributed by atoms with E-state index in [0.717, 1.165) is 44.8 Å². The van der Waals surface area contributed by atoms with E-state index < -0.39 is 0 Å². The molecule has 0 bridgehead atoms. The molecule has 1 aliphatic heterocycles. The van der Waals surface area contributed by atoms with E-state index in [1.165, 1.54) is 0 Å². The van der Waals surface area contributed by atoms with Gasteiger partial charge >= 0.3 is 0 Å². The Morgan fingerprint density at radius 2 is 2.19 bits per heavy atom. The number of hydrogen-bond acceptors (Lipinski definition) is 4. The van der Waals surface area contributed by atoms with Crippen LogP contribution in [0.2, 0.25) is 0 Å². The Balaban J connectivity index is 1.96. The van der Waals surface area contributed by atoms with Gasteiger partial charge in [0.2, 0.25) is 0 Å². The van der Waals surface area contributed by atoms with Crippen LogP contribution in [0.3, 0.4) is 0 Å². The normalized spacial score (nSPS) is 19.3. The Labute approximate surface area is 127 Å². The Hall–Kier alpha value is -1.62. The molecule has 1 aliphatic rings. The second-order valence-electron chi connectivity index (χ2n) is 5.65.